The first kappa shape index (κ1) is 21.3. The quantitative estimate of drug-likeness (QED) is 0.711. The zero-order valence-corrected chi connectivity index (χ0v) is 17.5. The van der Waals surface area contributed by atoms with Crippen molar-refractivity contribution in [2.45, 2.75) is 44.4 Å². The van der Waals surface area contributed by atoms with Crippen LogP contribution in [0.25, 0.3) is 0 Å². The van der Waals surface area contributed by atoms with Crippen LogP contribution in [0.1, 0.15) is 31.2 Å². The van der Waals surface area contributed by atoms with Gasteiger partial charge in [-0.15, -0.1) is 0 Å². The Morgan fingerprint density at radius 3 is 2.39 bits per heavy atom. The van der Waals surface area contributed by atoms with Gasteiger partial charge < -0.3 is 25.0 Å². The first-order valence-electron chi connectivity index (χ1n) is 10.8. The molecule has 2 atom stereocenters. The van der Waals surface area contributed by atoms with Crippen LogP contribution in [0.2, 0.25) is 0 Å². The maximum absolute atomic E-state index is 13.0. The maximum atomic E-state index is 13.0. The van der Waals surface area contributed by atoms with Crippen molar-refractivity contribution in [1.29, 1.82) is 0 Å². The minimum atomic E-state index is -0.377. The normalized spacial score (nSPS) is 20.4. The van der Waals surface area contributed by atoms with E-state index >= 15 is 0 Å². The first-order valence-corrected chi connectivity index (χ1v) is 10.8. The number of carbonyl (C=O) groups is 2. The van der Waals surface area contributed by atoms with Gasteiger partial charge in [0.15, 0.2) is 0 Å². The molecule has 4 rings (SSSR count). The van der Waals surface area contributed by atoms with Crippen LogP contribution < -0.4 is 10.6 Å². The largest absolute Gasteiger partial charge is 0.376 e. The fourth-order valence-corrected chi connectivity index (χ4v) is 3.81. The van der Waals surface area contributed by atoms with E-state index in [2.05, 4.69) is 15.6 Å². The van der Waals surface area contributed by atoms with E-state index in [0.29, 0.717) is 31.1 Å². The van der Waals surface area contributed by atoms with E-state index in [1.54, 1.807) is 41.6 Å². The molecule has 2 aliphatic heterocycles. The highest BCUT2D eigenvalue weighted by molar-refractivity contribution is 5.95. The van der Waals surface area contributed by atoms with Crippen LogP contribution in [0.15, 0.2) is 48.8 Å². The lowest BCUT2D eigenvalue weighted by Crippen LogP contribution is -2.39. The number of rotatable bonds is 7. The molecule has 1 aromatic carbocycles. The molecule has 3 amide bonds. The molecular formula is C23H28N4O4. The number of nitrogens with one attached hydrogen (secondary N) is 2. The number of anilines is 2. The zero-order valence-electron chi connectivity index (χ0n) is 17.5. The minimum absolute atomic E-state index is 0.0535. The summed E-state index contributed by atoms with van der Waals surface area (Å²) in [7, 11) is 0. The Kier molecular flexibility index (Phi) is 7.11. The van der Waals surface area contributed by atoms with Gasteiger partial charge in [-0.25, -0.2) is 4.79 Å². The van der Waals surface area contributed by atoms with E-state index in [0.717, 1.165) is 37.9 Å². The lowest BCUT2D eigenvalue weighted by Gasteiger charge is -2.26. The molecule has 164 valence electrons. The van der Waals surface area contributed by atoms with Crippen LogP contribution in [0, 0.1) is 0 Å². The van der Waals surface area contributed by atoms with Crippen LogP contribution in [0.5, 0.6) is 0 Å². The molecule has 1 aromatic heterocycles. The standard InChI is InChI=1S/C23H28N4O4/c28-22(21-6-3-13-31-21)25-18-7-9-19(10-8-18)26-23(29)27(16-20-5-2-12-30-20)15-17-4-1-11-24-14-17/h1,4,7-11,14,20-21H,2-3,5-6,12-13,15-16H2,(H,25,28)(H,26,29)/t20-,21-/m0/s1. The molecule has 0 bridgehead atoms. The molecule has 31 heavy (non-hydrogen) atoms. The Morgan fingerprint density at radius 1 is 1.00 bits per heavy atom. The summed E-state index contributed by atoms with van der Waals surface area (Å²) in [5.74, 6) is -0.131. The van der Waals surface area contributed by atoms with Gasteiger partial charge in [-0.1, -0.05) is 6.07 Å². The van der Waals surface area contributed by atoms with Crippen LogP contribution in [0.3, 0.4) is 0 Å². The fraction of sp³-hybridized carbons (Fsp3) is 0.435. The summed E-state index contributed by atoms with van der Waals surface area (Å²) in [6.45, 7) is 2.35. The number of nitrogens with zero attached hydrogens (tertiary/aromatic N) is 2. The monoisotopic (exact) mass is 424 g/mol. The summed E-state index contributed by atoms with van der Waals surface area (Å²) in [5, 5.41) is 5.80. The highest BCUT2D eigenvalue weighted by atomic mass is 16.5. The summed E-state index contributed by atoms with van der Waals surface area (Å²) >= 11 is 0. The summed E-state index contributed by atoms with van der Waals surface area (Å²) in [4.78, 5) is 31.1. The van der Waals surface area contributed by atoms with Gasteiger partial charge in [-0.3, -0.25) is 9.78 Å². The number of ether oxygens (including phenoxy) is 2. The third-order valence-electron chi connectivity index (χ3n) is 5.46. The third kappa shape index (κ3) is 6.02. The van der Waals surface area contributed by atoms with Crippen molar-refractivity contribution in [3.05, 3.63) is 54.4 Å². The second-order valence-corrected chi connectivity index (χ2v) is 7.88. The van der Waals surface area contributed by atoms with Gasteiger partial charge in [0.25, 0.3) is 5.91 Å². The summed E-state index contributed by atoms with van der Waals surface area (Å²) < 4.78 is 11.1. The molecule has 0 saturated carbocycles. The van der Waals surface area contributed by atoms with E-state index in [4.69, 9.17) is 9.47 Å². The Labute approximate surface area is 181 Å². The maximum Gasteiger partial charge on any atom is 0.322 e. The van der Waals surface area contributed by atoms with E-state index < -0.39 is 0 Å². The summed E-state index contributed by atoms with van der Waals surface area (Å²) in [5.41, 5.74) is 2.29. The molecule has 8 nitrogen and oxygen atoms in total. The van der Waals surface area contributed by atoms with Gasteiger partial charge in [0, 0.05) is 50.1 Å². The molecular weight excluding hydrogens is 396 g/mol. The number of hydrogen-bond donors (Lipinski definition) is 2. The lowest BCUT2D eigenvalue weighted by molar-refractivity contribution is -0.124. The first-order chi connectivity index (χ1) is 15.2. The van der Waals surface area contributed by atoms with Crippen molar-refractivity contribution in [3.63, 3.8) is 0 Å². The molecule has 0 aliphatic carbocycles. The number of benzene rings is 1. The summed E-state index contributed by atoms with van der Waals surface area (Å²) in [6.07, 6.45) is 6.79. The number of hydrogen-bond acceptors (Lipinski definition) is 5. The average Bonchev–Trinajstić information content (AvgIpc) is 3.50. The molecule has 0 spiro atoms. The van der Waals surface area contributed by atoms with Gasteiger partial charge >= 0.3 is 6.03 Å². The molecule has 2 N–H and O–H groups in total. The van der Waals surface area contributed by atoms with Crippen molar-refractivity contribution in [2.75, 3.05) is 30.4 Å². The molecule has 0 unspecified atom stereocenters. The fourth-order valence-electron chi connectivity index (χ4n) is 3.81. The van der Waals surface area contributed by atoms with Crippen molar-refractivity contribution < 1.29 is 19.1 Å². The second kappa shape index (κ2) is 10.4. The van der Waals surface area contributed by atoms with Crippen LogP contribution in [0.4, 0.5) is 16.2 Å². The number of amides is 3. The van der Waals surface area contributed by atoms with E-state index in [-0.39, 0.29) is 24.1 Å². The number of aromatic nitrogens is 1. The second-order valence-electron chi connectivity index (χ2n) is 7.88. The molecule has 8 heteroatoms. The van der Waals surface area contributed by atoms with E-state index in [1.165, 1.54) is 0 Å². The number of pyridine rings is 1. The van der Waals surface area contributed by atoms with E-state index in [9.17, 15) is 9.59 Å². The molecule has 3 heterocycles. The van der Waals surface area contributed by atoms with Gasteiger partial charge in [0.2, 0.25) is 0 Å². The molecule has 2 fully saturated rings. The van der Waals surface area contributed by atoms with Crippen LogP contribution in [-0.4, -0.2) is 53.8 Å². The zero-order chi connectivity index (χ0) is 21.5. The van der Waals surface area contributed by atoms with E-state index in [1.807, 2.05) is 12.1 Å². The molecule has 2 aromatic rings. The predicted octanol–water partition coefficient (Wildman–Crippen LogP) is 3.41. The Morgan fingerprint density at radius 2 is 1.74 bits per heavy atom. The van der Waals surface area contributed by atoms with Gasteiger partial charge in [-0.05, 0) is 61.6 Å². The van der Waals surface area contributed by atoms with Crippen molar-refractivity contribution in [1.82, 2.24) is 9.88 Å². The number of carbonyl (C=O) groups excluding carboxylic acids is 2. The summed E-state index contributed by atoms with van der Waals surface area (Å²) in [6, 6.07) is 10.7. The highest BCUT2D eigenvalue weighted by Gasteiger charge is 2.24. The highest BCUT2D eigenvalue weighted by Crippen LogP contribution is 2.19. The van der Waals surface area contributed by atoms with Gasteiger partial charge in [-0.2, -0.15) is 0 Å². The molecule has 2 aliphatic rings. The Bertz CT molecular complexity index is 863. The van der Waals surface area contributed by atoms with Crippen molar-refractivity contribution >= 4 is 23.3 Å². The Hall–Kier alpha value is -2.97. The number of urea groups is 1. The lowest BCUT2D eigenvalue weighted by atomic mass is 10.2. The SMILES string of the molecule is O=C(Nc1ccc(NC(=O)N(Cc2cccnc2)C[C@@H]2CCCO2)cc1)[C@@H]1CCCO1. The van der Waals surface area contributed by atoms with Crippen molar-refractivity contribution in [3.8, 4) is 0 Å². The average molecular weight is 425 g/mol. The van der Waals surface area contributed by atoms with Crippen LogP contribution >= 0.6 is 0 Å². The molecule has 0 radical (unpaired) electrons. The predicted molar refractivity (Wildman–Crippen MR) is 117 cm³/mol. The minimum Gasteiger partial charge on any atom is -0.376 e. The van der Waals surface area contributed by atoms with Gasteiger partial charge in [0.05, 0.1) is 6.10 Å². The smallest absolute Gasteiger partial charge is 0.322 e. The Balaban J connectivity index is 1.36. The van der Waals surface area contributed by atoms with Crippen LogP contribution in [-0.2, 0) is 20.8 Å². The van der Waals surface area contributed by atoms with Crippen molar-refractivity contribution in [2.24, 2.45) is 0 Å². The third-order valence-corrected chi connectivity index (χ3v) is 5.46. The topological polar surface area (TPSA) is 92.8 Å². The molecule has 2 saturated heterocycles. The van der Waals surface area contributed by atoms with Gasteiger partial charge in [0.1, 0.15) is 6.10 Å².